The fourth-order valence-corrected chi connectivity index (χ4v) is 4.39. The molecule has 0 amide bonds. The number of benzene rings is 1. The zero-order chi connectivity index (χ0) is 21.3. The topological polar surface area (TPSA) is 38.9 Å². The smallest absolute Gasteiger partial charge is 0.227 e. The molecule has 3 nitrogen and oxygen atoms in total. The van der Waals surface area contributed by atoms with E-state index in [1.165, 1.54) is 11.3 Å². The molecule has 0 atom stereocenters. The SMILES string of the molecule is [2H]C([2H])(c1csc2cnc(-c3cccc4c3oc3nc(C)ccc34)cc12)C(C)(C)C. The average Bonchev–Trinajstić information content (AvgIpc) is 3.27. The van der Waals surface area contributed by atoms with Crippen LogP contribution in [0.3, 0.4) is 0 Å². The lowest BCUT2D eigenvalue weighted by atomic mass is 9.88. The Bertz CT molecular complexity index is 1430. The van der Waals surface area contributed by atoms with Crippen LogP contribution in [0.25, 0.3) is 43.4 Å². The molecule has 0 aliphatic carbocycles. The molecule has 0 saturated heterocycles. The van der Waals surface area contributed by atoms with E-state index in [2.05, 4.69) is 9.97 Å². The van der Waals surface area contributed by atoms with Crippen LogP contribution in [0.15, 0.2) is 52.4 Å². The van der Waals surface area contributed by atoms with Gasteiger partial charge in [-0.25, -0.2) is 4.98 Å². The van der Waals surface area contributed by atoms with Gasteiger partial charge in [-0.3, -0.25) is 4.98 Å². The lowest BCUT2D eigenvalue weighted by Gasteiger charge is -2.17. The van der Waals surface area contributed by atoms with Gasteiger partial charge in [0.05, 0.1) is 10.4 Å². The number of hydrogen-bond acceptors (Lipinski definition) is 4. The number of fused-ring (bicyclic) bond motifs is 4. The number of para-hydroxylation sites is 1. The monoisotopic (exact) mass is 388 g/mol. The minimum absolute atomic E-state index is 0.521. The summed E-state index contributed by atoms with van der Waals surface area (Å²) in [6, 6.07) is 12.1. The maximum atomic E-state index is 8.74. The molecule has 5 rings (SSSR count). The van der Waals surface area contributed by atoms with Crippen molar-refractivity contribution >= 4 is 43.5 Å². The maximum Gasteiger partial charge on any atom is 0.227 e. The summed E-state index contributed by atoms with van der Waals surface area (Å²) in [5, 5.41) is 4.83. The molecular weight excluding hydrogens is 364 g/mol. The first-order chi connectivity index (χ1) is 14.2. The number of nitrogens with zero attached hydrogens (tertiary/aromatic N) is 2. The van der Waals surface area contributed by atoms with E-state index < -0.39 is 11.8 Å². The summed E-state index contributed by atoms with van der Waals surface area (Å²) in [5.74, 6) is 0. The third-order valence-corrected chi connectivity index (χ3v) is 5.68. The first-order valence-corrected chi connectivity index (χ1v) is 10.2. The van der Waals surface area contributed by atoms with Crippen molar-refractivity contribution < 1.29 is 7.16 Å². The van der Waals surface area contributed by atoms with Crippen LogP contribution in [0, 0.1) is 12.3 Å². The summed E-state index contributed by atoms with van der Waals surface area (Å²) in [6.45, 7) is 7.75. The molecule has 140 valence electrons. The predicted octanol–water partition coefficient (Wildman–Crippen LogP) is 7.15. The third-order valence-electron chi connectivity index (χ3n) is 4.75. The highest BCUT2D eigenvalue weighted by Crippen LogP contribution is 2.37. The molecule has 4 heteroatoms. The fraction of sp³-hybridized carbons (Fsp3) is 0.250. The van der Waals surface area contributed by atoms with Crippen molar-refractivity contribution in [3.05, 3.63) is 59.2 Å². The fourth-order valence-electron chi connectivity index (χ4n) is 3.55. The maximum absolute atomic E-state index is 8.74. The summed E-state index contributed by atoms with van der Waals surface area (Å²) in [7, 11) is 0. The molecule has 0 N–H and O–H groups in total. The minimum atomic E-state index is -1.46. The summed E-state index contributed by atoms with van der Waals surface area (Å²) >= 11 is 1.53. The van der Waals surface area contributed by atoms with Crippen molar-refractivity contribution in [2.75, 3.05) is 0 Å². The molecule has 0 bridgehead atoms. The van der Waals surface area contributed by atoms with Gasteiger partial charge in [0.15, 0.2) is 0 Å². The van der Waals surface area contributed by atoms with E-state index in [0.29, 0.717) is 11.3 Å². The van der Waals surface area contributed by atoms with E-state index in [-0.39, 0.29) is 0 Å². The highest BCUT2D eigenvalue weighted by Gasteiger charge is 2.17. The molecule has 4 heterocycles. The summed E-state index contributed by atoms with van der Waals surface area (Å²) in [6.07, 6.45) is 0.373. The van der Waals surface area contributed by atoms with Gasteiger partial charge in [0, 0.05) is 31.0 Å². The molecule has 0 radical (unpaired) electrons. The van der Waals surface area contributed by atoms with Crippen molar-refractivity contribution in [2.24, 2.45) is 5.41 Å². The number of pyridine rings is 2. The number of furan rings is 1. The Morgan fingerprint density at radius 1 is 1.11 bits per heavy atom. The second-order valence-electron chi connectivity index (χ2n) is 8.18. The highest BCUT2D eigenvalue weighted by atomic mass is 32.1. The Morgan fingerprint density at radius 3 is 2.79 bits per heavy atom. The molecule has 5 aromatic rings. The molecule has 0 spiro atoms. The average molecular weight is 389 g/mol. The highest BCUT2D eigenvalue weighted by molar-refractivity contribution is 7.17. The van der Waals surface area contributed by atoms with Crippen molar-refractivity contribution in [2.45, 2.75) is 34.1 Å². The van der Waals surface area contributed by atoms with E-state index >= 15 is 0 Å². The Morgan fingerprint density at radius 2 is 1.96 bits per heavy atom. The van der Waals surface area contributed by atoms with Gasteiger partial charge in [-0.05, 0) is 59.3 Å². The van der Waals surface area contributed by atoms with E-state index in [0.717, 1.165) is 43.4 Å². The lowest BCUT2D eigenvalue weighted by molar-refractivity contribution is 0.413. The number of thiophene rings is 1. The first-order valence-electron chi connectivity index (χ1n) is 10.3. The predicted molar refractivity (Wildman–Crippen MR) is 118 cm³/mol. The minimum Gasteiger partial charge on any atom is -0.437 e. The summed E-state index contributed by atoms with van der Waals surface area (Å²) < 4.78 is 24.6. The molecule has 1 aromatic carbocycles. The Hall–Kier alpha value is -2.72. The zero-order valence-electron chi connectivity index (χ0n) is 18.3. The number of hydrogen-bond donors (Lipinski definition) is 0. The molecule has 0 aliphatic heterocycles. The Labute approximate surface area is 170 Å². The van der Waals surface area contributed by atoms with Gasteiger partial charge in [-0.1, -0.05) is 32.9 Å². The quantitative estimate of drug-likeness (QED) is 0.322. The van der Waals surface area contributed by atoms with Crippen LogP contribution >= 0.6 is 11.3 Å². The van der Waals surface area contributed by atoms with Crippen molar-refractivity contribution in [3.8, 4) is 11.3 Å². The van der Waals surface area contributed by atoms with Crippen LogP contribution in [0.4, 0.5) is 0 Å². The van der Waals surface area contributed by atoms with Gasteiger partial charge in [0.1, 0.15) is 5.58 Å². The zero-order valence-corrected chi connectivity index (χ0v) is 17.1. The van der Waals surface area contributed by atoms with Crippen molar-refractivity contribution in [1.29, 1.82) is 0 Å². The van der Waals surface area contributed by atoms with Gasteiger partial charge in [0.25, 0.3) is 0 Å². The van der Waals surface area contributed by atoms with E-state index in [1.54, 1.807) is 0 Å². The van der Waals surface area contributed by atoms with Crippen LogP contribution in [-0.4, -0.2) is 9.97 Å². The molecule has 0 saturated carbocycles. The number of rotatable bonds is 2. The molecule has 0 unspecified atom stereocenters. The van der Waals surface area contributed by atoms with Gasteiger partial charge in [-0.2, -0.15) is 0 Å². The van der Waals surface area contributed by atoms with Crippen LogP contribution in [0.5, 0.6) is 0 Å². The van der Waals surface area contributed by atoms with Gasteiger partial charge in [-0.15, -0.1) is 11.3 Å². The molecule has 0 fully saturated rings. The van der Waals surface area contributed by atoms with E-state index in [1.807, 2.05) is 75.7 Å². The largest absolute Gasteiger partial charge is 0.437 e. The first kappa shape index (κ1) is 15.2. The van der Waals surface area contributed by atoms with Gasteiger partial charge in [0.2, 0.25) is 5.71 Å². The van der Waals surface area contributed by atoms with Gasteiger partial charge >= 0.3 is 0 Å². The second-order valence-corrected chi connectivity index (χ2v) is 9.09. The van der Waals surface area contributed by atoms with Crippen LogP contribution in [0.1, 0.15) is 34.8 Å². The molecule has 28 heavy (non-hydrogen) atoms. The van der Waals surface area contributed by atoms with Crippen LogP contribution in [0.2, 0.25) is 0 Å². The van der Waals surface area contributed by atoms with Crippen LogP contribution in [-0.2, 0) is 6.37 Å². The Kier molecular flexibility index (Phi) is 3.34. The van der Waals surface area contributed by atoms with E-state index in [9.17, 15) is 0 Å². The van der Waals surface area contributed by atoms with Gasteiger partial charge < -0.3 is 4.42 Å². The number of aromatic nitrogens is 2. The number of aryl methyl sites for hydroxylation is 1. The van der Waals surface area contributed by atoms with E-state index in [4.69, 9.17) is 7.16 Å². The normalized spacial score (nSPS) is 14.0. The van der Waals surface area contributed by atoms with Crippen LogP contribution < -0.4 is 0 Å². The Balaban J connectivity index is 1.75. The third kappa shape index (κ3) is 2.89. The molecule has 4 aromatic heterocycles. The molecule has 0 aliphatic rings. The van der Waals surface area contributed by atoms with Crippen molar-refractivity contribution in [3.63, 3.8) is 0 Å². The summed E-state index contributed by atoms with van der Waals surface area (Å²) in [4.78, 5) is 9.21. The van der Waals surface area contributed by atoms with Crippen molar-refractivity contribution in [1.82, 2.24) is 9.97 Å². The standard InChI is InChI=1S/C24H22N2OS/c1-14-8-9-17-16-6-5-7-18(22(16)27-23(17)26-14)20-10-19-15(11-24(2,3)4)13-28-21(19)12-25-20/h5-10,12-13H,11H2,1-4H3/i11D2. The molecular formula is C24H22N2OS. The lowest BCUT2D eigenvalue weighted by Crippen LogP contribution is -2.08. The second kappa shape index (κ2) is 6.14. The summed E-state index contributed by atoms with van der Waals surface area (Å²) in [5.41, 5.74) is 4.15.